The highest BCUT2D eigenvalue weighted by atomic mass is 16.6. The number of pyridine rings is 1. The lowest BCUT2D eigenvalue weighted by atomic mass is 10.1. The molecule has 1 atom stereocenters. The van der Waals surface area contributed by atoms with Crippen LogP contribution >= 0.6 is 0 Å². The SMILES string of the molecule is Cc1cc(C)c(CNC(=O)[C@H]2CCCN2C(=O)OC(C)(C)C)c(=O)[nH]1. The molecule has 2 N–H and O–H groups in total. The summed E-state index contributed by atoms with van der Waals surface area (Å²) < 4.78 is 5.37. The zero-order valence-electron chi connectivity index (χ0n) is 15.6. The molecule has 0 saturated carbocycles. The summed E-state index contributed by atoms with van der Waals surface area (Å²) in [4.78, 5) is 41.0. The van der Waals surface area contributed by atoms with Gasteiger partial charge in [0.15, 0.2) is 0 Å². The van der Waals surface area contributed by atoms with Crippen LogP contribution in [0, 0.1) is 13.8 Å². The van der Waals surface area contributed by atoms with Gasteiger partial charge in [0.2, 0.25) is 5.91 Å². The third-order valence-electron chi connectivity index (χ3n) is 4.12. The molecule has 0 aliphatic carbocycles. The Morgan fingerprint density at radius 2 is 2.04 bits per heavy atom. The fraction of sp³-hybridized carbons (Fsp3) is 0.611. The van der Waals surface area contributed by atoms with E-state index >= 15 is 0 Å². The van der Waals surface area contributed by atoms with E-state index in [0.29, 0.717) is 18.5 Å². The zero-order valence-corrected chi connectivity index (χ0v) is 15.6. The molecule has 25 heavy (non-hydrogen) atoms. The van der Waals surface area contributed by atoms with E-state index in [-0.39, 0.29) is 18.0 Å². The van der Waals surface area contributed by atoms with E-state index in [1.807, 2.05) is 19.9 Å². The number of nitrogens with zero attached hydrogens (tertiary/aromatic N) is 1. The summed E-state index contributed by atoms with van der Waals surface area (Å²) in [5.74, 6) is -0.261. The number of hydrogen-bond donors (Lipinski definition) is 2. The van der Waals surface area contributed by atoms with Crippen LogP contribution in [0.15, 0.2) is 10.9 Å². The number of nitrogens with one attached hydrogen (secondary N) is 2. The van der Waals surface area contributed by atoms with Gasteiger partial charge in [-0.15, -0.1) is 0 Å². The molecule has 0 radical (unpaired) electrons. The molecule has 1 saturated heterocycles. The van der Waals surface area contributed by atoms with Gasteiger partial charge in [0, 0.05) is 24.3 Å². The smallest absolute Gasteiger partial charge is 0.410 e. The Morgan fingerprint density at radius 3 is 2.64 bits per heavy atom. The standard InChI is InChI=1S/C18H27N3O4/c1-11-9-12(2)20-15(22)13(11)10-19-16(23)14-7-6-8-21(14)17(24)25-18(3,4)5/h9,14H,6-8,10H2,1-5H3,(H,19,23)(H,20,22)/t14-/m1/s1. The number of rotatable bonds is 3. The number of carbonyl (C=O) groups excluding carboxylic acids is 2. The van der Waals surface area contributed by atoms with Gasteiger partial charge in [-0.1, -0.05) is 0 Å². The molecule has 0 aromatic carbocycles. The normalized spacial score (nSPS) is 17.5. The molecule has 0 unspecified atom stereocenters. The third-order valence-corrected chi connectivity index (χ3v) is 4.12. The number of ether oxygens (including phenoxy) is 1. The Bertz CT molecular complexity index is 718. The van der Waals surface area contributed by atoms with Crippen molar-refractivity contribution in [3.8, 4) is 0 Å². The highest BCUT2D eigenvalue weighted by Gasteiger charge is 2.36. The van der Waals surface area contributed by atoms with Crippen molar-refractivity contribution in [2.75, 3.05) is 6.54 Å². The van der Waals surface area contributed by atoms with Gasteiger partial charge in [-0.3, -0.25) is 14.5 Å². The van der Waals surface area contributed by atoms with E-state index in [9.17, 15) is 14.4 Å². The second kappa shape index (κ2) is 7.29. The molecule has 2 rings (SSSR count). The maximum atomic E-state index is 12.5. The molecule has 0 bridgehead atoms. The van der Waals surface area contributed by atoms with E-state index in [2.05, 4.69) is 10.3 Å². The van der Waals surface area contributed by atoms with Crippen LogP contribution in [0.25, 0.3) is 0 Å². The molecule has 0 spiro atoms. The third kappa shape index (κ3) is 4.84. The minimum absolute atomic E-state index is 0.138. The molecule has 1 aromatic heterocycles. The first-order chi connectivity index (χ1) is 11.6. The molecule has 1 aliphatic rings. The van der Waals surface area contributed by atoms with Crippen LogP contribution in [0.4, 0.5) is 4.79 Å². The predicted octanol–water partition coefficient (Wildman–Crippen LogP) is 2.01. The molecule has 138 valence electrons. The van der Waals surface area contributed by atoms with Gasteiger partial charge in [-0.05, 0) is 59.1 Å². The van der Waals surface area contributed by atoms with Gasteiger partial charge >= 0.3 is 6.09 Å². The maximum absolute atomic E-state index is 12.5. The van der Waals surface area contributed by atoms with E-state index in [0.717, 1.165) is 17.7 Å². The Hall–Kier alpha value is -2.31. The summed E-state index contributed by atoms with van der Waals surface area (Å²) in [6.45, 7) is 9.67. The van der Waals surface area contributed by atoms with Crippen molar-refractivity contribution in [3.05, 3.63) is 33.2 Å². The van der Waals surface area contributed by atoms with Gasteiger partial charge in [0.1, 0.15) is 11.6 Å². The van der Waals surface area contributed by atoms with E-state index < -0.39 is 17.7 Å². The highest BCUT2D eigenvalue weighted by Crippen LogP contribution is 2.21. The number of carbonyl (C=O) groups is 2. The summed E-state index contributed by atoms with van der Waals surface area (Å²) in [5.41, 5.74) is 1.34. The first kappa shape index (κ1) is 19.0. The number of likely N-dealkylation sites (tertiary alicyclic amines) is 1. The van der Waals surface area contributed by atoms with E-state index in [4.69, 9.17) is 4.74 Å². The Balaban J connectivity index is 2.03. The molecular weight excluding hydrogens is 322 g/mol. The number of hydrogen-bond acceptors (Lipinski definition) is 4. The van der Waals surface area contributed by atoms with Gasteiger partial charge in [-0.2, -0.15) is 0 Å². The van der Waals surface area contributed by atoms with Crippen molar-refractivity contribution >= 4 is 12.0 Å². The lowest BCUT2D eigenvalue weighted by Crippen LogP contribution is -2.47. The van der Waals surface area contributed by atoms with Crippen LogP contribution in [-0.2, 0) is 16.1 Å². The number of aromatic amines is 1. The molecule has 2 amide bonds. The summed E-state index contributed by atoms with van der Waals surface area (Å²) in [6, 6.07) is 1.31. The number of aromatic nitrogens is 1. The van der Waals surface area contributed by atoms with Crippen LogP contribution < -0.4 is 10.9 Å². The molecular formula is C18H27N3O4. The monoisotopic (exact) mass is 349 g/mol. The molecule has 7 nitrogen and oxygen atoms in total. The van der Waals surface area contributed by atoms with Gasteiger partial charge in [0.25, 0.3) is 5.56 Å². The minimum Gasteiger partial charge on any atom is -0.444 e. The average Bonchev–Trinajstić information content (AvgIpc) is 2.93. The first-order valence-corrected chi connectivity index (χ1v) is 8.55. The van der Waals surface area contributed by atoms with Crippen molar-refractivity contribution in [3.63, 3.8) is 0 Å². The van der Waals surface area contributed by atoms with Crippen LogP contribution in [-0.4, -0.2) is 40.1 Å². The van der Waals surface area contributed by atoms with Gasteiger partial charge in [-0.25, -0.2) is 4.79 Å². The highest BCUT2D eigenvalue weighted by molar-refractivity contribution is 5.86. The van der Waals surface area contributed by atoms with E-state index in [1.165, 1.54) is 4.90 Å². The topological polar surface area (TPSA) is 91.5 Å². The largest absolute Gasteiger partial charge is 0.444 e. The molecule has 1 aliphatic heterocycles. The van der Waals surface area contributed by atoms with Crippen molar-refractivity contribution in [2.24, 2.45) is 0 Å². The summed E-state index contributed by atoms with van der Waals surface area (Å²) in [6.07, 6.45) is 0.866. The molecule has 2 heterocycles. The number of H-pyrrole nitrogens is 1. The Labute approximate surface area is 147 Å². The first-order valence-electron chi connectivity index (χ1n) is 8.55. The quantitative estimate of drug-likeness (QED) is 0.873. The summed E-state index contributed by atoms with van der Waals surface area (Å²) in [5, 5.41) is 2.78. The summed E-state index contributed by atoms with van der Waals surface area (Å²) >= 11 is 0. The summed E-state index contributed by atoms with van der Waals surface area (Å²) in [7, 11) is 0. The fourth-order valence-electron chi connectivity index (χ4n) is 2.97. The van der Waals surface area contributed by atoms with Crippen molar-refractivity contribution in [2.45, 2.75) is 65.6 Å². The lowest BCUT2D eigenvalue weighted by molar-refractivity contribution is -0.125. The van der Waals surface area contributed by atoms with Crippen LogP contribution in [0.3, 0.4) is 0 Å². The minimum atomic E-state index is -0.604. The predicted molar refractivity (Wildman–Crippen MR) is 94.3 cm³/mol. The number of aryl methyl sites for hydroxylation is 2. The van der Waals surface area contributed by atoms with Crippen LogP contribution in [0.5, 0.6) is 0 Å². The average molecular weight is 349 g/mol. The second-order valence-corrected chi connectivity index (χ2v) is 7.49. The zero-order chi connectivity index (χ0) is 18.8. The molecule has 1 aromatic rings. The van der Waals surface area contributed by atoms with Crippen molar-refractivity contribution in [1.29, 1.82) is 0 Å². The van der Waals surface area contributed by atoms with Gasteiger partial charge in [0.05, 0.1) is 0 Å². The van der Waals surface area contributed by atoms with Crippen LogP contribution in [0.2, 0.25) is 0 Å². The Morgan fingerprint density at radius 1 is 1.36 bits per heavy atom. The molecule has 1 fully saturated rings. The van der Waals surface area contributed by atoms with Crippen molar-refractivity contribution < 1.29 is 14.3 Å². The molecule has 7 heteroatoms. The van der Waals surface area contributed by atoms with E-state index in [1.54, 1.807) is 20.8 Å². The maximum Gasteiger partial charge on any atom is 0.410 e. The Kier molecular flexibility index (Phi) is 5.55. The lowest BCUT2D eigenvalue weighted by Gasteiger charge is -2.28. The number of amides is 2. The second-order valence-electron chi connectivity index (χ2n) is 7.49. The van der Waals surface area contributed by atoms with Crippen LogP contribution in [0.1, 0.15) is 50.4 Å². The van der Waals surface area contributed by atoms with Crippen molar-refractivity contribution in [1.82, 2.24) is 15.2 Å². The van der Waals surface area contributed by atoms with Gasteiger partial charge < -0.3 is 15.0 Å². The fourth-order valence-corrected chi connectivity index (χ4v) is 2.97.